The first-order valence-electron chi connectivity index (χ1n) is 8.45. The van der Waals surface area contributed by atoms with Crippen molar-refractivity contribution < 1.29 is 13.2 Å². The van der Waals surface area contributed by atoms with E-state index in [1.165, 1.54) is 12.1 Å². The van der Waals surface area contributed by atoms with Gasteiger partial charge in [-0.15, -0.1) is 0 Å². The van der Waals surface area contributed by atoms with Gasteiger partial charge in [-0.3, -0.25) is 0 Å². The summed E-state index contributed by atoms with van der Waals surface area (Å²) in [6.07, 6.45) is 3.34. The first kappa shape index (κ1) is 15.9. The maximum atomic E-state index is 13.0. The number of piperidine rings is 1. The van der Waals surface area contributed by atoms with E-state index in [0.717, 1.165) is 69.2 Å². The van der Waals surface area contributed by atoms with Crippen LogP contribution in [0.1, 0.15) is 61.1 Å². The zero-order chi connectivity index (χ0) is 15.6. The van der Waals surface area contributed by atoms with Gasteiger partial charge in [0.1, 0.15) is 0 Å². The summed E-state index contributed by atoms with van der Waals surface area (Å²) in [6, 6.07) is 4.46. The lowest BCUT2D eigenvalue weighted by atomic mass is 9.84. The molecule has 1 nitrogen and oxygen atoms in total. The van der Waals surface area contributed by atoms with E-state index in [2.05, 4.69) is 5.32 Å². The van der Waals surface area contributed by atoms with Crippen LogP contribution in [-0.4, -0.2) is 13.1 Å². The van der Waals surface area contributed by atoms with Crippen molar-refractivity contribution in [2.45, 2.75) is 57.0 Å². The molecule has 1 aliphatic heterocycles. The fourth-order valence-corrected chi connectivity index (χ4v) is 3.97. The Morgan fingerprint density at radius 2 is 1.68 bits per heavy atom. The second-order valence-corrected chi connectivity index (χ2v) is 6.79. The van der Waals surface area contributed by atoms with Crippen molar-refractivity contribution >= 4 is 0 Å². The molecule has 1 saturated heterocycles. The fourth-order valence-electron chi connectivity index (χ4n) is 3.97. The van der Waals surface area contributed by atoms with Gasteiger partial charge in [-0.2, -0.15) is 13.2 Å². The molecule has 0 unspecified atom stereocenters. The molecule has 0 radical (unpaired) electrons. The van der Waals surface area contributed by atoms with Crippen LogP contribution in [0, 0.1) is 5.92 Å². The van der Waals surface area contributed by atoms with E-state index in [1.54, 1.807) is 6.07 Å². The molecule has 3 rings (SSSR count). The minimum absolute atomic E-state index is 0.332. The maximum Gasteiger partial charge on any atom is 0.416 e. The Labute approximate surface area is 130 Å². The summed E-state index contributed by atoms with van der Waals surface area (Å²) >= 11 is 0. The number of hydrogen-bond acceptors (Lipinski definition) is 1. The summed E-state index contributed by atoms with van der Waals surface area (Å²) in [5, 5.41) is 3.35. The second kappa shape index (κ2) is 6.61. The summed E-state index contributed by atoms with van der Waals surface area (Å²) in [5.41, 5.74) is 1.65. The fraction of sp³-hybridized carbons (Fsp3) is 0.667. The monoisotopic (exact) mass is 311 g/mol. The molecule has 4 heteroatoms. The summed E-state index contributed by atoms with van der Waals surface area (Å²) in [7, 11) is 0. The van der Waals surface area contributed by atoms with Crippen molar-refractivity contribution in [3.63, 3.8) is 0 Å². The van der Waals surface area contributed by atoms with Gasteiger partial charge in [-0.25, -0.2) is 0 Å². The number of alkyl halides is 3. The van der Waals surface area contributed by atoms with Crippen LogP contribution in [-0.2, 0) is 12.6 Å². The highest BCUT2D eigenvalue weighted by atomic mass is 19.4. The third kappa shape index (κ3) is 3.65. The van der Waals surface area contributed by atoms with Gasteiger partial charge in [-0.1, -0.05) is 18.9 Å². The van der Waals surface area contributed by atoms with Crippen LogP contribution >= 0.6 is 0 Å². The lowest BCUT2D eigenvalue weighted by Gasteiger charge is -2.25. The standard InChI is InChI=1S/C18H24F3N/c19-18(20,21)16-6-5-15(11-13-7-9-22-10-8-13)17(12-16)14-3-1-2-4-14/h5-6,12-14,22H,1-4,7-11H2. The minimum Gasteiger partial charge on any atom is -0.317 e. The van der Waals surface area contributed by atoms with Crippen LogP contribution in [0.2, 0.25) is 0 Å². The summed E-state index contributed by atoms with van der Waals surface area (Å²) in [5.74, 6) is 0.942. The van der Waals surface area contributed by atoms with E-state index in [0.29, 0.717) is 11.8 Å². The molecule has 2 aliphatic rings. The molecule has 1 heterocycles. The molecular weight excluding hydrogens is 287 g/mol. The van der Waals surface area contributed by atoms with Crippen LogP contribution in [0.3, 0.4) is 0 Å². The Morgan fingerprint density at radius 1 is 1.00 bits per heavy atom. The number of rotatable bonds is 3. The van der Waals surface area contributed by atoms with Gasteiger partial charge >= 0.3 is 6.18 Å². The summed E-state index contributed by atoms with van der Waals surface area (Å²) < 4.78 is 39.1. The Kier molecular flexibility index (Phi) is 4.76. The predicted molar refractivity (Wildman–Crippen MR) is 82.0 cm³/mol. The van der Waals surface area contributed by atoms with Crippen LogP contribution in [0.4, 0.5) is 13.2 Å². The van der Waals surface area contributed by atoms with Crippen LogP contribution in [0.25, 0.3) is 0 Å². The van der Waals surface area contributed by atoms with Crippen LogP contribution in [0.15, 0.2) is 18.2 Å². The maximum absolute atomic E-state index is 13.0. The van der Waals surface area contributed by atoms with E-state index in [1.807, 2.05) is 0 Å². The molecule has 2 fully saturated rings. The Balaban J connectivity index is 1.86. The third-order valence-electron chi connectivity index (χ3n) is 5.24. The first-order chi connectivity index (χ1) is 10.5. The molecule has 0 spiro atoms. The van der Waals surface area contributed by atoms with Crippen molar-refractivity contribution in [1.29, 1.82) is 0 Å². The van der Waals surface area contributed by atoms with Gasteiger partial charge in [0.2, 0.25) is 0 Å². The van der Waals surface area contributed by atoms with Crippen molar-refractivity contribution in [2.75, 3.05) is 13.1 Å². The van der Waals surface area contributed by atoms with E-state index in [4.69, 9.17) is 0 Å². The molecule has 1 aromatic rings. The smallest absolute Gasteiger partial charge is 0.317 e. The van der Waals surface area contributed by atoms with E-state index < -0.39 is 11.7 Å². The molecule has 1 aliphatic carbocycles. The van der Waals surface area contributed by atoms with Crippen LogP contribution < -0.4 is 5.32 Å². The van der Waals surface area contributed by atoms with Crippen LogP contribution in [0.5, 0.6) is 0 Å². The normalized spacial score (nSPS) is 21.4. The molecule has 0 bridgehead atoms. The molecule has 122 valence electrons. The zero-order valence-corrected chi connectivity index (χ0v) is 12.9. The lowest BCUT2D eigenvalue weighted by Crippen LogP contribution is -2.29. The Hall–Kier alpha value is -1.03. The molecular formula is C18H24F3N. The summed E-state index contributed by atoms with van der Waals surface area (Å²) in [4.78, 5) is 0. The van der Waals surface area contributed by atoms with Crippen molar-refractivity contribution in [1.82, 2.24) is 5.32 Å². The van der Waals surface area contributed by atoms with Gasteiger partial charge in [-0.05, 0) is 80.3 Å². The molecule has 1 aromatic carbocycles. The van der Waals surface area contributed by atoms with Gasteiger partial charge in [0, 0.05) is 0 Å². The summed E-state index contributed by atoms with van der Waals surface area (Å²) in [6.45, 7) is 2.06. The van der Waals surface area contributed by atoms with E-state index >= 15 is 0 Å². The lowest BCUT2D eigenvalue weighted by molar-refractivity contribution is -0.137. The predicted octanol–water partition coefficient (Wildman–Crippen LogP) is 4.91. The average Bonchev–Trinajstić information content (AvgIpc) is 3.01. The highest BCUT2D eigenvalue weighted by Gasteiger charge is 2.32. The molecule has 22 heavy (non-hydrogen) atoms. The van der Waals surface area contributed by atoms with Gasteiger partial charge in [0.05, 0.1) is 5.56 Å². The minimum atomic E-state index is -4.24. The van der Waals surface area contributed by atoms with E-state index in [9.17, 15) is 13.2 Å². The van der Waals surface area contributed by atoms with Crippen molar-refractivity contribution in [3.8, 4) is 0 Å². The zero-order valence-electron chi connectivity index (χ0n) is 12.9. The first-order valence-corrected chi connectivity index (χ1v) is 8.45. The van der Waals surface area contributed by atoms with Gasteiger partial charge < -0.3 is 5.32 Å². The van der Waals surface area contributed by atoms with Gasteiger partial charge in [0.25, 0.3) is 0 Å². The number of benzene rings is 1. The third-order valence-corrected chi connectivity index (χ3v) is 5.24. The molecule has 1 N–H and O–H groups in total. The largest absolute Gasteiger partial charge is 0.416 e. The number of nitrogens with one attached hydrogen (secondary N) is 1. The quantitative estimate of drug-likeness (QED) is 0.836. The van der Waals surface area contributed by atoms with Crippen molar-refractivity contribution in [2.24, 2.45) is 5.92 Å². The SMILES string of the molecule is FC(F)(F)c1ccc(CC2CCNCC2)c(C2CCCC2)c1. The highest BCUT2D eigenvalue weighted by molar-refractivity contribution is 5.37. The second-order valence-electron chi connectivity index (χ2n) is 6.79. The average molecular weight is 311 g/mol. The molecule has 0 aromatic heterocycles. The molecule has 0 amide bonds. The number of hydrogen-bond donors (Lipinski definition) is 1. The Morgan fingerprint density at radius 3 is 2.32 bits per heavy atom. The van der Waals surface area contributed by atoms with E-state index in [-0.39, 0.29) is 0 Å². The van der Waals surface area contributed by atoms with Crippen molar-refractivity contribution in [3.05, 3.63) is 34.9 Å². The molecule has 0 atom stereocenters. The van der Waals surface area contributed by atoms with Gasteiger partial charge in [0.15, 0.2) is 0 Å². The highest BCUT2D eigenvalue weighted by Crippen LogP contribution is 2.40. The topological polar surface area (TPSA) is 12.0 Å². The molecule has 1 saturated carbocycles. The Bertz CT molecular complexity index is 498. The number of halogens is 3.